The molecule has 1 unspecified atom stereocenters. The number of hydrogen-bond donors (Lipinski definition) is 2. The van der Waals surface area contributed by atoms with Crippen LogP contribution in [0.1, 0.15) is 35.7 Å². The van der Waals surface area contributed by atoms with E-state index in [9.17, 15) is 0 Å². The second-order valence-corrected chi connectivity index (χ2v) is 5.24. The fourth-order valence-corrected chi connectivity index (χ4v) is 2.49. The molecule has 0 aromatic carbocycles. The van der Waals surface area contributed by atoms with Gasteiger partial charge in [-0.3, -0.25) is 4.98 Å². The van der Waals surface area contributed by atoms with Crippen molar-refractivity contribution in [2.75, 3.05) is 5.32 Å². The maximum absolute atomic E-state index is 5.81. The minimum absolute atomic E-state index is 0.0169. The van der Waals surface area contributed by atoms with Crippen molar-refractivity contribution in [2.45, 2.75) is 26.8 Å². The van der Waals surface area contributed by atoms with Crippen LogP contribution in [0.25, 0.3) is 0 Å². The molecule has 2 rings (SSSR count). The molecular weight excluding hydrogens is 272 g/mol. The van der Waals surface area contributed by atoms with E-state index in [1.54, 1.807) is 6.33 Å². The van der Waals surface area contributed by atoms with Crippen molar-refractivity contribution in [2.24, 2.45) is 12.8 Å². The number of anilines is 1. The Morgan fingerprint density at radius 3 is 2.70 bits per heavy atom. The highest BCUT2D eigenvalue weighted by Gasteiger charge is 2.16. The number of rotatable bonds is 4. The third-order valence-corrected chi connectivity index (χ3v) is 3.28. The van der Waals surface area contributed by atoms with Gasteiger partial charge in [0.25, 0.3) is 0 Å². The van der Waals surface area contributed by atoms with Crippen LogP contribution < -0.4 is 11.1 Å². The number of pyridine rings is 1. The fourth-order valence-electron chi connectivity index (χ4n) is 2.24. The van der Waals surface area contributed by atoms with Gasteiger partial charge in [-0.15, -0.1) is 10.2 Å². The zero-order valence-corrected chi connectivity index (χ0v) is 12.8. The van der Waals surface area contributed by atoms with Crippen LogP contribution in [0.2, 0.25) is 0 Å². The van der Waals surface area contributed by atoms with Gasteiger partial charge in [-0.2, -0.15) is 0 Å². The van der Waals surface area contributed by atoms with Crippen LogP contribution in [0.5, 0.6) is 0 Å². The van der Waals surface area contributed by atoms with Gasteiger partial charge >= 0.3 is 0 Å². The summed E-state index contributed by atoms with van der Waals surface area (Å²) in [5.41, 5.74) is 9.20. The normalized spacial score (nSPS) is 12.2. The Morgan fingerprint density at radius 1 is 1.45 bits per heavy atom. The lowest BCUT2D eigenvalue weighted by atomic mass is 10.1. The van der Waals surface area contributed by atoms with Gasteiger partial charge in [0.15, 0.2) is 5.82 Å². The first-order chi connectivity index (χ1) is 9.40. The van der Waals surface area contributed by atoms with Crippen LogP contribution in [0, 0.1) is 13.8 Å². The second kappa shape index (κ2) is 5.54. The molecule has 0 aliphatic rings. The summed E-state index contributed by atoms with van der Waals surface area (Å²) in [5.74, 6) is 0.839. The van der Waals surface area contributed by atoms with Gasteiger partial charge in [0.05, 0.1) is 11.6 Å². The highest BCUT2D eigenvalue weighted by Crippen LogP contribution is 2.24. The number of hydrogen-bond acceptors (Lipinski definition) is 5. The first-order valence-electron chi connectivity index (χ1n) is 6.28. The molecule has 6 nitrogen and oxygen atoms in total. The van der Waals surface area contributed by atoms with E-state index >= 15 is 0 Å². The number of aryl methyl sites for hydroxylation is 3. The molecular formula is C13H18N6S. The van der Waals surface area contributed by atoms with Crippen LogP contribution in [0.4, 0.5) is 5.69 Å². The van der Waals surface area contributed by atoms with Crippen LogP contribution >= 0.6 is 12.2 Å². The van der Waals surface area contributed by atoms with Crippen molar-refractivity contribution in [1.82, 2.24) is 19.7 Å². The lowest BCUT2D eigenvalue weighted by Crippen LogP contribution is -2.19. The third-order valence-electron chi connectivity index (χ3n) is 3.08. The van der Waals surface area contributed by atoms with E-state index < -0.39 is 0 Å². The molecule has 106 valence electrons. The lowest BCUT2D eigenvalue weighted by molar-refractivity contribution is 0.719. The number of nitrogens with two attached hydrogens (primary N) is 1. The molecule has 0 aliphatic carbocycles. The first-order valence-corrected chi connectivity index (χ1v) is 6.69. The second-order valence-electron chi connectivity index (χ2n) is 4.80. The molecule has 0 saturated heterocycles. The molecule has 2 aromatic heterocycles. The molecule has 7 heteroatoms. The topological polar surface area (TPSA) is 81.7 Å². The predicted octanol–water partition coefficient (Wildman–Crippen LogP) is 1.63. The van der Waals surface area contributed by atoms with E-state index in [1.807, 2.05) is 38.5 Å². The van der Waals surface area contributed by atoms with Gasteiger partial charge in [-0.05, 0) is 26.8 Å². The van der Waals surface area contributed by atoms with E-state index in [2.05, 4.69) is 20.5 Å². The molecule has 0 bridgehead atoms. The monoisotopic (exact) mass is 290 g/mol. The molecule has 20 heavy (non-hydrogen) atoms. The van der Waals surface area contributed by atoms with Crippen molar-refractivity contribution < 1.29 is 0 Å². The molecule has 3 N–H and O–H groups in total. The average Bonchev–Trinajstić information content (AvgIpc) is 2.73. The van der Waals surface area contributed by atoms with Crippen LogP contribution in [0.15, 0.2) is 12.4 Å². The van der Waals surface area contributed by atoms with Crippen LogP contribution in [-0.4, -0.2) is 24.7 Å². The Balaban J connectivity index is 2.38. The van der Waals surface area contributed by atoms with Crippen molar-refractivity contribution in [1.29, 1.82) is 0 Å². The van der Waals surface area contributed by atoms with Gasteiger partial charge in [-0.1, -0.05) is 12.2 Å². The van der Waals surface area contributed by atoms with Crippen molar-refractivity contribution in [3.05, 3.63) is 35.2 Å². The summed E-state index contributed by atoms with van der Waals surface area (Å²) in [5, 5.41) is 11.4. The molecule has 0 aliphatic heterocycles. The Hall–Kier alpha value is -2.02. The molecule has 2 aromatic rings. The molecule has 0 fully saturated rings. The van der Waals surface area contributed by atoms with Crippen LogP contribution in [-0.2, 0) is 7.05 Å². The average molecular weight is 290 g/mol. The van der Waals surface area contributed by atoms with Gasteiger partial charge in [-0.25, -0.2) is 0 Å². The van der Waals surface area contributed by atoms with Gasteiger partial charge in [0, 0.05) is 24.1 Å². The Kier molecular flexibility index (Phi) is 3.99. The quantitative estimate of drug-likeness (QED) is 0.833. The van der Waals surface area contributed by atoms with Gasteiger partial charge < -0.3 is 15.6 Å². The van der Waals surface area contributed by atoms with E-state index in [1.165, 1.54) is 0 Å². The highest BCUT2D eigenvalue weighted by molar-refractivity contribution is 7.80. The minimum atomic E-state index is -0.0169. The lowest BCUT2D eigenvalue weighted by Gasteiger charge is -2.18. The number of aromatic nitrogens is 4. The Bertz CT molecular complexity index is 648. The standard InChI is InChI=1S/C13H18N6S/c1-7-5-10(11(12(14)20)8(2)16-7)17-9(3)13-18-15-6-19(13)4/h5-6,9H,1-4H3,(H2,14,20)(H,16,17). The van der Waals surface area contributed by atoms with Crippen LogP contribution in [0.3, 0.4) is 0 Å². The summed E-state index contributed by atoms with van der Waals surface area (Å²) >= 11 is 5.12. The summed E-state index contributed by atoms with van der Waals surface area (Å²) in [6, 6.07) is 1.92. The summed E-state index contributed by atoms with van der Waals surface area (Å²) in [6.07, 6.45) is 1.67. The third kappa shape index (κ3) is 2.77. The van der Waals surface area contributed by atoms with Crippen molar-refractivity contribution >= 4 is 22.9 Å². The summed E-state index contributed by atoms with van der Waals surface area (Å²) < 4.78 is 1.87. The highest BCUT2D eigenvalue weighted by atomic mass is 32.1. The molecule has 0 saturated carbocycles. The Labute approximate surface area is 123 Å². The SMILES string of the molecule is Cc1cc(NC(C)c2nncn2C)c(C(N)=S)c(C)n1. The van der Waals surface area contributed by atoms with E-state index in [-0.39, 0.29) is 6.04 Å². The number of nitrogens with one attached hydrogen (secondary N) is 1. The predicted molar refractivity (Wildman–Crippen MR) is 82.6 cm³/mol. The molecule has 0 radical (unpaired) electrons. The van der Waals surface area contributed by atoms with E-state index in [0.29, 0.717) is 4.99 Å². The number of thiocarbonyl (C=S) groups is 1. The Morgan fingerprint density at radius 2 is 2.15 bits per heavy atom. The molecule has 0 spiro atoms. The zero-order chi connectivity index (χ0) is 14.9. The zero-order valence-electron chi connectivity index (χ0n) is 12.0. The smallest absolute Gasteiger partial charge is 0.154 e. The fraction of sp³-hybridized carbons (Fsp3) is 0.385. The molecule has 1 atom stereocenters. The van der Waals surface area contributed by atoms with Gasteiger partial charge in [0.1, 0.15) is 11.3 Å². The van der Waals surface area contributed by atoms with Gasteiger partial charge in [0.2, 0.25) is 0 Å². The summed E-state index contributed by atoms with van der Waals surface area (Å²) in [6.45, 7) is 5.85. The molecule has 0 amide bonds. The maximum Gasteiger partial charge on any atom is 0.154 e. The minimum Gasteiger partial charge on any atom is -0.389 e. The largest absolute Gasteiger partial charge is 0.389 e. The number of nitrogens with zero attached hydrogens (tertiary/aromatic N) is 4. The first kappa shape index (κ1) is 14.4. The summed E-state index contributed by atoms with van der Waals surface area (Å²) in [4.78, 5) is 4.74. The van der Waals surface area contributed by atoms with E-state index in [0.717, 1.165) is 28.5 Å². The maximum atomic E-state index is 5.81. The van der Waals surface area contributed by atoms with E-state index in [4.69, 9.17) is 18.0 Å². The summed E-state index contributed by atoms with van der Waals surface area (Å²) in [7, 11) is 1.91. The molecule has 2 heterocycles. The van der Waals surface area contributed by atoms with Crippen molar-refractivity contribution in [3.8, 4) is 0 Å². The van der Waals surface area contributed by atoms with Crippen molar-refractivity contribution in [3.63, 3.8) is 0 Å².